The van der Waals surface area contributed by atoms with Gasteiger partial charge < -0.3 is 5.73 Å². The van der Waals surface area contributed by atoms with E-state index in [9.17, 15) is 0 Å². The smallest absolute Gasteiger partial charge is 0.217 e. The van der Waals surface area contributed by atoms with E-state index in [-0.39, 0.29) is 0 Å². The minimum Gasteiger partial charge on any atom is -0.399 e. The predicted molar refractivity (Wildman–Crippen MR) is 87.7 cm³/mol. The Morgan fingerprint density at radius 3 is 2.57 bits per heavy atom. The van der Waals surface area contributed by atoms with Crippen molar-refractivity contribution in [1.82, 2.24) is 14.6 Å². The summed E-state index contributed by atoms with van der Waals surface area (Å²) in [6.07, 6.45) is 0. The predicted octanol–water partition coefficient (Wildman–Crippen LogP) is 3.81. The first-order valence-electron chi connectivity index (χ1n) is 6.74. The first-order chi connectivity index (χ1) is 10.1. The molecule has 0 saturated heterocycles. The summed E-state index contributed by atoms with van der Waals surface area (Å²) in [5, 5.41) is 8.68. The zero-order chi connectivity index (χ0) is 14.6. The number of thiazole rings is 1. The quantitative estimate of drug-likeness (QED) is 0.543. The molecule has 0 aliphatic heterocycles. The highest BCUT2D eigenvalue weighted by atomic mass is 32.1. The molecule has 2 aromatic heterocycles. The van der Waals surface area contributed by atoms with Crippen molar-refractivity contribution in [2.45, 2.75) is 13.8 Å². The molecule has 2 heterocycles. The lowest BCUT2D eigenvalue weighted by atomic mass is 10.1. The Balaban J connectivity index is 2.09. The van der Waals surface area contributed by atoms with E-state index in [1.807, 2.05) is 24.3 Å². The van der Waals surface area contributed by atoms with Crippen molar-refractivity contribution in [2.24, 2.45) is 0 Å². The molecule has 4 nitrogen and oxygen atoms in total. The highest BCUT2D eigenvalue weighted by molar-refractivity contribution is 7.23. The van der Waals surface area contributed by atoms with Crippen molar-refractivity contribution < 1.29 is 0 Å². The normalized spacial score (nSPS) is 11.5. The van der Waals surface area contributed by atoms with Gasteiger partial charge in [-0.3, -0.25) is 4.40 Å². The number of nitrogens with zero attached hydrogens (tertiary/aromatic N) is 3. The second-order valence-electron chi connectivity index (χ2n) is 5.29. The Bertz CT molecular complexity index is 963. The van der Waals surface area contributed by atoms with Gasteiger partial charge in [-0.15, -0.1) is 10.2 Å². The first kappa shape index (κ1) is 12.3. The summed E-state index contributed by atoms with van der Waals surface area (Å²) in [5.74, 6) is 0.864. The van der Waals surface area contributed by atoms with E-state index in [0.717, 1.165) is 22.0 Å². The van der Waals surface area contributed by atoms with Crippen LogP contribution in [0.25, 0.3) is 26.6 Å². The van der Waals surface area contributed by atoms with Crippen molar-refractivity contribution in [3.8, 4) is 11.4 Å². The molecule has 104 valence electrons. The number of nitrogens with two attached hydrogens (primary N) is 1. The van der Waals surface area contributed by atoms with Crippen LogP contribution in [0.2, 0.25) is 0 Å². The molecule has 21 heavy (non-hydrogen) atoms. The second kappa shape index (κ2) is 4.30. The minimum atomic E-state index is 0.751. The molecule has 0 spiro atoms. The standard InChI is InChI=1S/C16H14N4S/c1-9-7-10(2)14-13(8-9)21-16-19-18-15(20(14)16)11-3-5-12(17)6-4-11/h3-8H,17H2,1-2H3. The maximum absolute atomic E-state index is 5.76. The van der Waals surface area contributed by atoms with Crippen molar-refractivity contribution in [3.63, 3.8) is 0 Å². The third kappa shape index (κ3) is 1.81. The number of nitrogen functional groups attached to an aromatic ring is 1. The molecular formula is C16H14N4S. The van der Waals surface area contributed by atoms with Crippen molar-refractivity contribution >= 4 is 32.2 Å². The van der Waals surface area contributed by atoms with Gasteiger partial charge in [-0.1, -0.05) is 17.4 Å². The maximum atomic E-state index is 5.76. The molecule has 0 radical (unpaired) electrons. The van der Waals surface area contributed by atoms with E-state index >= 15 is 0 Å². The van der Waals surface area contributed by atoms with Gasteiger partial charge in [-0.2, -0.15) is 0 Å². The van der Waals surface area contributed by atoms with Gasteiger partial charge >= 0.3 is 0 Å². The lowest BCUT2D eigenvalue weighted by Gasteiger charge is -2.03. The van der Waals surface area contributed by atoms with E-state index in [1.165, 1.54) is 21.3 Å². The molecule has 4 rings (SSSR count). The fourth-order valence-corrected chi connectivity index (χ4v) is 3.88. The molecule has 4 aromatic rings. The average molecular weight is 294 g/mol. The largest absolute Gasteiger partial charge is 0.399 e. The molecule has 0 unspecified atom stereocenters. The number of benzene rings is 2. The molecule has 0 fully saturated rings. The Labute approximate surface area is 125 Å². The third-order valence-corrected chi connectivity index (χ3v) is 4.61. The Kier molecular flexibility index (Phi) is 2.53. The fraction of sp³-hybridized carbons (Fsp3) is 0.125. The topological polar surface area (TPSA) is 56.2 Å². The number of aryl methyl sites for hydroxylation is 2. The van der Waals surface area contributed by atoms with Gasteiger partial charge in [-0.05, 0) is 55.3 Å². The molecule has 0 amide bonds. The average Bonchev–Trinajstić information content (AvgIpc) is 2.97. The SMILES string of the molecule is Cc1cc(C)c2c(c1)sc1nnc(-c3ccc(N)cc3)n12. The molecule has 2 aromatic carbocycles. The van der Waals surface area contributed by atoms with Crippen molar-refractivity contribution in [3.05, 3.63) is 47.5 Å². The molecule has 0 atom stereocenters. The van der Waals surface area contributed by atoms with Gasteiger partial charge in [-0.25, -0.2) is 0 Å². The first-order valence-corrected chi connectivity index (χ1v) is 7.56. The molecule has 2 N–H and O–H groups in total. The summed E-state index contributed by atoms with van der Waals surface area (Å²) in [6.45, 7) is 4.25. The minimum absolute atomic E-state index is 0.751. The Morgan fingerprint density at radius 1 is 1.05 bits per heavy atom. The zero-order valence-electron chi connectivity index (χ0n) is 11.8. The van der Waals surface area contributed by atoms with Crippen LogP contribution in [-0.4, -0.2) is 14.6 Å². The summed E-state index contributed by atoms with van der Waals surface area (Å²) in [6, 6.07) is 12.2. The molecular weight excluding hydrogens is 280 g/mol. The van der Waals surface area contributed by atoms with Crippen LogP contribution in [-0.2, 0) is 0 Å². The van der Waals surface area contributed by atoms with Crippen LogP contribution < -0.4 is 5.73 Å². The van der Waals surface area contributed by atoms with Crippen molar-refractivity contribution in [2.75, 3.05) is 5.73 Å². The van der Waals surface area contributed by atoms with Crippen LogP contribution in [0.15, 0.2) is 36.4 Å². The second-order valence-corrected chi connectivity index (χ2v) is 6.30. The Hall–Kier alpha value is -2.40. The van der Waals surface area contributed by atoms with E-state index in [4.69, 9.17) is 5.73 Å². The maximum Gasteiger partial charge on any atom is 0.217 e. The fourth-order valence-electron chi connectivity index (χ4n) is 2.74. The Morgan fingerprint density at radius 2 is 1.81 bits per heavy atom. The molecule has 0 bridgehead atoms. The molecule has 0 aliphatic rings. The van der Waals surface area contributed by atoms with Crippen LogP contribution in [0, 0.1) is 13.8 Å². The van der Waals surface area contributed by atoms with E-state index in [1.54, 1.807) is 11.3 Å². The van der Waals surface area contributed by atoms with Gasteiger partial charge in [0.25, 0.3) is 0 Å². The summed E-state index contributed by atoms with van der Waals surface area (Å²) in [5.41, 5.74) is 11.2. The van der Waals surface area contributed by atoms with Crippen LogP contribution in [0.1, 0.15) is 11.1 Å². The number of aromatic nitrogens is 3. The summed E-state index contributed by atoms with van der Waals surface area (Å²) >= 11 is 1.67. The number of hydrogen-bond donors (Lipinski definition) is 1. The van der Waals surface area contributed by atoms with Gasteiger partial charge in [0.05, 0.1) is 10.2 Å². The van der Waals surface area contributed by atoms with Gasteiger partial charge in [0.15, 0.2) is 5.82 Å². The van der Waals surface area contributed by atoms with Crippen LogP contribution in [0.3, 0.4) is 0 Å². The number of fused-ring (bicyclic) bond motifs is 3. The monoisotopic (exact) mass is 294 g/mol. The molecule has 0 saturated carbocycles. The van der Waals surface area contributed by atoms with Crippen LogP contribution in [0.4, 0.5) is 5.69 Å². The van der Waals surface area contributed by atoms with Crippen LogP contribution in [0.5, 0.6) is 0 Å². The molecule has 0 aliphatic carbocycles. The zero-order valence-corrected chi connectivity index (χ0v) is 12.6. The van der Waals surface area contributed by atoms with Gasteiger partial charge in [0.1, 0.15) is 0 Å². The third-order valence-electron chi connectivity index (χ3n) is 3.64. The summed E-state index contributed by atoms with van der Waals surface area (Å²) in [7, 11) is 0. The lowest BCUT2D eigenvalue weighted by Crippen LogP contribution is -1.91. The highest BCUT2D eigenvalue weighted by Gasteiger charge is 2.15. The molecule has 5 heteroatoms. The lowest BCUT2D eigenvalue weighted by molar-refractivity contribution is 1.12. The summed E-state index contributed by atoms with van der Waals surface area (Å²) in [4.78, 5) is 0.922. The number of hydrogen-bond acceptors (Lipinski definition) is 4. The van der Waals surface area contributed by atoms with E-state index in [0.29, 0.717) is 0 Å². The van der Waals surface area contributed by atoms with Crippen molar-refractivity contribution in [1.29, 1.82) is 0 Å². The number of anilines is 1. The highest BCUT2D eigenvalue weighted by Crippen LogP contribution is 2.32. The van der Waals surface area contributed by atoms with E-state index in [2.05, 4.69) is 40.6 Å². The number of rotatable bonds is 1. The van der Waals surface area contributed by atoms with Crippen LogP contribution >= 0.6 is 11.3 Å². The van der Waals surface area contributed by atoms with Gasteiger partial charge in [0, 0.05) is 11.3 Å². The summed E-state index contributed by atoms with van der Waals surface area (Å²) < 4.78 is 3.38. The van der Waals surface area contributed by atoms with Gasteiger partial charge in [0.2, 0.25) is 4.96 Å². The van der Waals surface area contributed by atoms with E-state index < -0.39 is 0 Å².